The zero-order valence-electron chi connectivity index (χ0n) is 19.7. The van der Waals surface area contributed by atoms with Crippen molar-refractivity contribution in [3.05, 3.63) is 64.7 Å². The number of rotatable bonds is 5. The van der Waals surface area contributed by atoms with Gasteiger partial charge in [0.15, 0.2) is 0 Å². The summed E-state index contributed by atoms with van der Waals surface area (Å²) in [5.41, 5.74) is 4.25. The van der Waals surface area contributed by atoms with Crippen LogP contribution in [-0.2, 0) is 5.41 Å². The molecule has 1 fully saturated rings. The molecule has 2 heteroatoms. The zero-order valence-corrected chi connectivity index (χ0v) is 19.7. The van der Waals surface area contributed by atoms with Crippen LogP contribution in [0.15, 0.2) is 47.5 Å². The van der Waals surface area contributed by atoms with Gasteiger partial charge in [0.2, 0.25) is 0 Å². The monoisotopic (exact) mass is 405 g/mol. The molecule has 1 N–H and O–H groups in total. The lowest BCUT2D eigenvalue weighted by atomic mass is 9.69. The minimum Gasteiger partial charge on any atom is -0.507 e. The zero-order chi connectivity index (χ0) is 21.9. The quantitative estimate of drug-likeness (QED) is 0.520. The van der Waals surface area contributed by atoms with Crippen molar-refractivity contribution >= 4 is 6.21 Å². The average Bonchev–Trinajstić information content (AvgIpc) is 2.70. The van der Waals surface area contributed by atoms with Crippen LogP contribution in [0.3, 0.4) is 0 Å². The Balaban J connectivity index is 1.79. The SMILES string of the molecule is Cc1cc(C=NCC2CCCC(C(C)(C)C)C2)c(O)c(C(C)(C)c2ccccc2)c1. The van der Waals surface area contributed by atoms with Crippen LogP contribution in [0, 0.1) is 24.2 Å². The van der Waals surface area contributed by atoms with Gasteiger partial charge in [-0.3, -0.25) is 4.99 Å². The molecule has 2 aromatic rings. The van der Waals surface area contributed by atoms with E-state index in [0.717, 1.165) is 29.2 Å². The number of aryl methyl sites for hydroxylation is 1. The average molecular weight is 406 g/mol. The van der Waals surface area contributed by atoms with E-state index in [9.17, 15) is 5.11 Å². The smallest absolute Gasteiger partial charge is 0.128 e. The van der Waals surface area contributed by atoms with E-state index in [1.165, 1.54) is 31.2 Å². The van der Waals surface area contributed by atoms with Gasteiger partial charge in [0.05, 0.1) is 0 Å². The fourth-order valence-corrected chi connectivity index (χ4v) is 4.94. The van der Waals surface area contributed by atoms with Crippen molar-refractivity contribution in [1.82, 2.24) is 0 Å². The first kappa shape index (κ1) is 22.6. The molecular weight excluding hydrogens is 366 g/mol. The van der Waals surface area contributed by atoms with E-state index < -0.39 is 0 Å². The van der Waals surface area contributed by atoms with E-state index in [1.54, 1.807) is 0 Å². The van der Waals surface area contributed by atoms with Crippen molar-refractivity contribution in [3.8, 4) is 5.75 Å². The van der Waals surface area contributed by atoms with E-state index in [0.29, 0.717) is 17.1 Å². The number of benzene rings is 2. The van der Waals surface area contributed by atoms with Gasteiger partial charge in [-0.1, -0.05) is 77.4 Å². The minimum atomic E-state index is -0.275. The lowest BCUT2D eigenvalue weighted by Crippen LogP contribution is -2.27. The third-order valence-corrected chi connectivity index (χ3v) is 7.05. The molecule has 0 saturated heterocycles. The molecule has 0 bridgehead atoms. The Morgan fingerprint density at radius 2 is 1.73 bits per heavy atom. The molecule has 0 radical (unpaired) electrons. The first-order valence-corrected chi connectivity index (χ1v) is 11.5. The van der Waals surface area contributed by atoms with Crippen LogP contribution in [0.5, 0.6) is 5.75 Å². The number of hydrogen-bond donors (Lipinski definition) is 1. The molecule has 2 aromatic carbocycles. The number of aromatic hydroxyl groups is 1. The number of phenolic OH excluding ortho intramolecular Hbond substituents is 1. The molecule has 3 rings (SSSR count). The van der Waals surface area contributed by atoms with E-state index >= 15 is 0 Å². The van der Waals surface area contributed by atoms with Crippen molar-refractivity contribution in [2.24, 2.45) is 22.2 Å². The lowest BCUT2D eigenvalue weighted by molar-refractivity contribution is 0.144. The van der Waals surface area contributed by atoms with Crippen LogP contribution in [0.1, 0.15) is 82.6 Å². The van der Waals surface area contributed by atoms with Crippen molar-refractivity contribution in [3.63, 3.8) is 0 Å². The largest absolute Gasteiger partial charge is 0.507 e. The van der Waals surface area contributed by atoms with E-state index in [2.05, 4.69) is 71.9 Å². The van der Waals surface area contributed by atoms with Gasteiger partial charge in [0.25, 0.3) is 0 Å². The summed E-state index contributed by atoms with van der Waals surface area (Å²) in [7, 11) is 0. The normalized spacial score (nSPS) is 20.6. The van der Waals surface area contributed by atoms with Crippen molar-refractivity contribution < 1.29 is 5.11 Å². The minimum absolute atomic E-state index is 0.275. The molecule has 0 amide bonds. The molecule has 0 aliphatic heterocycles. The van der Waals surface area contributed by atoms with Crippen molar-refractivity contribution in [1.29, 1.82) is 0 Å². The van der Waals surface area contributed by atoms with Gasteiger partial charge in [-0.15, -0.1) is 0 Å². The summed E-state index contributed by atoms with van der Waals surface area (Å²) in [6.07, 6.45) is 7.10. The molecule has 1 aliphatic rings. The maximum Gasteiger partial charge on any atom is 0.128 e. The predicted molar refractivity (Wildman–Crippen MR) is 129 cm³/mol. The summed E-state index contributed by atoms with van der Waals surface area (Å²) >= 11 is 0. The second kappa shape index (κ2) is 8.96. The van der Waals surface area contributed by atoms with Crippen LogP contribution < -0.4 is 0 Å². The van der Waals surface area contributed by atoms with Gasteiger partial charge in [-0.2, -0.15) is 0 Å². The van der Waals surface area contributed by atoms with Gasteiger partial charge in [-0.05, 0) is 60.6 Å². The standard InChI is InChI=1S/C28H39NO/c1-20-15-22(19-29-18-21-11-10-14-24(17-21)27(2,3)4)26(30)25(16-20)28(5,6)23-12-8-7-9-13-23/h7-9,12-13,15-16,19,21,24,30H,10-11,14,17-18H2,1-6H3. The van der Waals surface area contributed by atoms with E-state index in [-0.39, 0.29) is 5.41 Å². The molecule has 2 atom stereocenters. The molecule has 0 heterocycles. The molecular formula is C28H39NO. The Hall–Kier alpha value is -2.09. The van der Waals surface area contributed by atoms with Gasteiger partial charge in [0.1, 0.15) is 5.75 Å². The summed E-state index contributed by atoms with van der Waals surface area (Å²) in [5.74, 6) is 1.80. The maximum atomic E-state index is 11.1. The van der Waals surface area contributed by atoms with Gasteiger partial charge < -0.3 is 5.11 Å². The van der Waals surface area contributed by atoms with Gasteiger partial charge in [-0.25, -0.2) is 0 Å². The van der Waals surface area contributed by atoms with E-state index in [4.69, 9.17) is 4.99 Å². The highest BCUT2D eigenvalue weighted by Crippen LogP contribution is 2.41. The van der Waals surface area contributed by atoms with Gasteiger partial charge in [0, 0.05) is 29.3 Å². The number of hydrogen-bond acceptors (Lipinski definition) is 2. The highest BCUT2D eigenvalue weighted by molar-refractivity contribution is 5.85. The molecule has 1 aliphatic carbocycles. The maximum absolute atomic E-state index is 11.1. The summed E-state index contributed by atoms with van der Waals surface area (Å²) in [4.78, 5) is 4.79. The fraction of sp³-hybridized carbons (Fsp3) is 0.536. The number of nitrogens with zero attached hydrogens (tertiary/aromatic N) is 1. The number of phenols is 1. The summed E-state index contributed by atoms with van der Waals surface area (Å²) in [6, 6.07) is 14.6. The molecule has 0 spiro atoms. The van der Waals surface area contributed by atoms with Crippen LogP contribution in [0.25, 0.3) is 0 Å². The molecule has 2 unspecified atom stereocenters. The van der Waals surface area contributed by atoms with Gasteiger partial charge >= 0.3 is 0 Å². The van der Waals surface area contributed by atoms with Crippen molar-refractivity contribution in [2.45, 2.75) is 72.6 Å². The first-order valence-electron chi connectivity index (χ1n) is 11.5. The van der Waals surface area contributed by atoms with E-state index in [1.807, 2.05) is 18.3 Å². The predicted octanol–water partition coefficient (Wildman–Crippen LogP) is 7.30. The Bertz CT molecular complexity index is 874. The molecule has 1 saturated carbocycles. The first-order chi connectivity index (χ1) is 14.1. The number of aliphatic imine (C=N–C) groups is 1. The summed E-state index contributed by atoms with van der Waals surface area (Å²) < 4.78 is 0. The second-order valence-corrected chi connectivity index (χ2v) is 10.8. The Kier molecular flexibility index (Phi) is 6.75. The molecule has 30 heavy (non-hydrogen) atoms. The topological polar surface area (TPSA) is 32.6 Å². The Morgan fingerprint density at radius 3 is 2.40 bits per heavy atom. The fourth-order valence-electron chi connectivity index (χ4n) is 4.94. The highest BCUT2D eigenvalue weighted by Gasteiger charge is 2.30. The van der Waals surface area contributed by atoms with Crippen LogP contribution >= 0.6 is 0 Å². The Labute approximate surface area is 183 Å². The molecule has 162 valence electrons. The van der Waals surface area contributed by atoms with Crippen molar-refractivity contribution in [2.75, 3.05) is 6.54 Å². The lowest BCUT2D eigenvalue weighted by Gasteiger charge is -2.37. The Morgan fingerprint density at radius 1 is 1.03 bits per heavy atom. The molecule has 2 nitrogen and oxygen atoms in total. The summed E-state index contributed by atoms with van der Waals surface area (Å²) in [6.45, 7) is 14.4. The van der Waals surface area contributed by atoms with Crippen LogP contribution in [0.4, 0.5) is 0 Å². The summed E-state index contributed by atoms with van der Waals surface area (Å²) in [5, 5.41) is 11.1. The third-order valence-electron chi connectivity index (χ3n) is 7.05. The molecule has 0 aromatic heterocycles. The third kappa shape index (κ3) is 5.14. The van der Waals surface area contributed by atoms with Crippen LogP contribution in [-0.4, -0.2) is 17.9 Å². The van der Waals surface area contributed by atoms with Crippen LogP contribution in [0.2, 0.25) is 0 Å². The second-order valence-electron chi connectivity index (χ2n) is 10.8. The highest BCUT2D eigenvalue weighted by atomic mass is 16.3.